The number of nitrogens with zero attached hydrogens (tertiary/aromatic N) is 3. The van der Waals surface area contributed by atoms with Crippen LogP contribution in [0.4, 0.5) is 17.2 Å². The van der Waals surface area contributed by atoms with Crippen LogP contribution in [-0.4, -0.2) is 20.7 Å². The second-order valence-electron chi connectivity index (χ2n) is 6.98. The Morgan fingerprint density at radius 1 is 1.00 bits per heavy atom. The Hall–Kier alpha value is -3.72. The second-order valence-corrected chi connectivity index (χ2v) is 8.26. The first kappa shape index (κ1) is 23.4. The number of benzene rings is 3. The van der Waals surface area contributed by atoms with Crippen molar-refractivity contribution < 1.29 is 4.92 Å². The van der Waals surface area contributed by atoms with E-state index in [1.807, 2.05) is 0 Å². The highest BCUT2D eigenvalue weighted by Crippen LogP contribution is 2.33. The van der Waals surface area contributed by atoms with E-state index < -0.39 is 10.5 Å². The first-order valence-corrected chi connectivity index (χ1v) is 10.8. The molecule has 0 radical (unpaired) electrons. The lowest BCUT2D eigenvalue weighted by molar-refractivity contribution is -0.383. The Morgan fingerprint density at radius 2 is 1.68 bits per heavy atom. The van der Waals surface area contributed by atoms with Gasteiger partial charge >= 0.3 is 0 Å². The van der Waals surface area contributed by atoms with Gasteiger partial charge in [0.25, 0.3) is 11.2 Å². The SMILES string of the molecule is N=Cc1c(Nc2ccccc2[N+](=O)[O-])nc(-c2ccc(Cl)cc2Cl)n(-c2ccc(Cl)cc2)c1=O. The van der Waals surface area contributed by atoms with Crippen LogP contribution in [0, 0.1) is 15.5 Å². The van der Waals surface area contributed by atoms with E-state index in [1.54, 1.807) is 42.5 Å². The van der Waals surface area contributed by atoms with E-state index in [1.165, 1.54) is 28.8 Å². The van der Waals surface area contributed by atoms with Gasteiger partial charge in [-0.2, -0.15) is 0 Å². The van der Waals surface area contributed by atoms with Crippen LogP contribution in [0.5, 0.6) is 0 Å². The van der Waals surface area contributed by atoms with Crippen LogP contribution >= 0.6 is 34.8 Å². The van der Waals surface area contributed by atoms with E-state index in [4.69, 9.17) is 40.2 Å². The fourth-order valence-corrected chi connectivity index (χ4v) is 3.93. The van der Waals surface area contributed by atoms with Gasteiger partial charge in [0.1, 0.15) is 17.1 Å². The van der Waals surface area contributed by atoms with Crippen LogP contribution in [0.3, 0.4) is 0 Å². The lowest BCUT2D eigenvalue weighted by atomic mass is 10.1. The topological polar surface area (TPSA) is 114 Å². The zero-order chi connectivity index (χ0) is 24.4. The number of anilines is 2. The zero-order valence-corrected chi connectivity index (χ0v) is 19.4. The third-order valence-corrected chi connectivity index (χ3v) is 5.67. The Labute approximate surface area is 208 Å². The van der Waals surface area contributed by atoms with Crippen molar-refractivity contribution >= 4 is 58.2 Å². The number of aromatic nitrogens is 2. The fraction of sp³-hybridized carbons (Fsp3) is 0. The minimum Gasteiger partial charge on any atom is -0.334 e. The van der Waals surface area contributed by atoms with Gasteiger partial charge in [-0.1, -0.05) is 46.9 Å². The first-order valence-electron chi connectivity index (χ1n) is 9.69. The molecule has 0 saturated carbocycles. The predicted octanol–water partition coefficient (Wildman–Crippen LogP) is 6.51. The summed E-state index contributed by atoms with van der Waals surface area (Å²) < 4.78 is 1.29. The van der Waals surface area contributed by atoms with Gasteiger partial charge in [0.05, 0.1) is 15.6 Å². The summed E-state index contributed by atoms with van der Waals surface area (Å²) in [4.78, 5) is 29.1. The number of rotatable bonds is 6. The van der Waals surface area contributed by atoms with E-state index >= 15 is 0 Å². The summed E-state index contributed by atoms with van der Waals surface area (Å²) in [6, 6.07) is 17.1. The molecule has 34 heavy (non-hydrogen) atoms. The maximum absolute atomic E-state index is 13.6. The van der Waals surface area contributed by atoms with Gasteiger partial charge in [0.15, 0.2) is 5.82 Å². The van der Waals surface area contributed by atoms with E-state index in [9.17, 15) is 14.9 Å². The van der Waals surface area contributed by atoms with Crippen molar-refractivity contribution in [2.75, 3.05) is 5.32 Å². The molecule has 0 amide bonds. The quantitative estimate of drug-likeness (QED) is 0.173. The van der Waals surface area contributed by atoms with Crippen molar-refractivity contribution in [2.24, 2.45) is 0 Å². The van der Waals surface area contributed by atoms with E-state index in [2.05, 4.69) is 10.3 Å². The van der Waals surface area contributed by atoms with Crippen LogP contribution in [0.25, 0.3) is 17.1 Å². The van der Waals surface area contributed by atoms with Gasteiger partial charge < -0.3 is 10.7 Å². The van der Waals surface area contributed by atoms with Gasteiger partial charge in [-0.05, 0) is 48.5 Å². The molecule has 0 bridgehead atoms. The molecule has 0 aliphatic heterocycles. The largest absolute Gasteiger partial charge is 0.334 e. The maximum atomic E-state index is 13.6. The molecule has 8 nitrogen and oxygen atoms in total. The number of nitrogens with one attached hydrogen (secondary N) is 2. The van der Waals surface area contributed by atoms with Crippen LogP contribution in [0.1, 0.15) is 5.56 Å². The van der Waals surface area contributed by atoms with Crippen molar-refractivity contribution in [1.29, 1.82) is 5.41 Å². The van der Waals surface area contributed by atoms with Crippen molar-refractivity contribution in [2.45, 2.75) is 0 Å². The summed E-state index contributed by atoms with van der Waals surface area (Å²) in [5.74, 6) is 0.0983. The van der Waals surface area contributed by atoms with Crippen molar-refractivity contribution in [1.82, 2.24) is 9.55 Å². The van der Waals surface area contributed by atoms with E-state index in [-0.39, 0.29) is 33.6 Å². The summed E-state index contributed by atoms with van der Waals surface area (Å²) in [6.07, 6.45) is 0.839. The molecule has 0 atom stereocenters. The zero-order valence-electron chi connectivity index (χ0n) is 17.1. The average Bonchev–Trinajstić information content (AvgIpc) is 2.80. The van der Waals surface area contributed by atoms with Crippen molar-refractivity contribution in [3.05, 3.63) is 108 Å². The predicted molar refractivity (Wildman–Crippen MR) is 135 cm³/mol. The third-order valence-electron chi connectivity index (χ3n) is 4.87. The van der Waals surface area contributed by atoms with Gasteiger partial charge in [0.2, 0.25) is 0 Å². The van der Waals surface area contributed by atoms with Gasteiger partial charge in [-0.25, -0.2) is 4.98 Å². The average molecular weight is 515 g/mol. The van der Waals surface area contributed by atoms with Gasteiger partial charge in [-0.15, -0.1) is 0 Å². The Kier molecular flexibility index (Phi) is 6.65. The Balaban J connectivity index is 2.02. The summed E-state index contributed by atoms with van der Waals surface area (Å²) >= 11 is 18.5. The molecule has 11 heteroatoms. The molecular weight excluding hydrogens is 501 g/mol. The van der Waals surface area contributed by atoms with E-state index in [0.717, 1.165) is 6.21 Å². The van der Waals surface area contributed by atoms with Gasteiger partial charge in [-0.3, -0.25) is 19.5 Å². The molecule has 3 aromatic carbocycles. The molecule has 1 heterocycles. The smallest absolute Gasteiger partial charge is 0.292 e. The summed E-state index contributed by atoms with van der Waals surface area (Å²) in [6.45, 7) is 0. The molecule has 0 aliphatic carbocycles. The summed E-state index contributed by atoms with van der Waals surface area (Å²) in [5.41, 5.74) is 0.0213. The number of hydrogen-bond donors (Lipinski definition) is 2. The van der Waals surface area contributed by atoms with Crippen LogP contribution in [-0.2, 0) is 0 Å². The van der Waals surface area contributed by atoms with Crippen LogP contribution < -0.4 is 10.9 Å². The lowest BCUT2D eigenvalue weighted by Gasteiger charge is -2.17. The molecule has 170 valence electrons. The van der Waals surface area contributed by atoms with E-state index in [0.29, 0.717) is 21.3 Å². The normalized spacial score (nSPS) is 10.7. The Bertz CT molecular complexity index is 1490. The molecule has 4 aromatic rings. The van der Waals surface area contributed by atoms with Crippen molar-refractivity contribution in [3.8, 4) is 17.1 Å². The number of nitro groups is 1. The number of hydrogen-bond acceptors (Lipinski definition) is 6. The molecule has 0 aliphatic rings. The highest BCUT2D eigenvalue weighted by Gasteiger charge is 2.22. The molecule has 1 aromatic heterocycles. The molecule has 4 rings (SSSR count). The van der Waals surface area contributed by atoms with Crippen LogP contribution in [0.15, 0.2) is 71.5 Å². The Morgan fingerprint density at radius 3 is 2.32 bits per heavy atom. The second kappa shape index (κ2) is 9.64. The lowest BCUT2D eigenvalue weighted by Crippen LogP contribution is -2.27. The molecule has 0 spiro atoms. The summed E-state index contributed by atoms with van der Waals surface area (Å²) in [5, 5.41) is 23.2. The molecule has 2 N–H and O–H groups in total. The number of halogens is 3. The van der Waals surface area contributed by atoms with Crippen LogP contribution in [0.2, 0.25) is 15.1 Å². The summed E-state index contributed by atoms with van der Waals surface area (Å²) in [7, 11) is 0. The molecular formula is C23H14Cl3N5O3. The number of para-hydroxylation sites is 2. The fourth-order valence-electron chi connectivity index (χ4n) is 3.31. The highest BCUT2D eigenvalue weighted by molar-refractivity contribution is 6.36. The third kappa shape index (κ3) is 4.51. The molecule has 0 unspecified atom stereocenters. The molecule has 0 fully saturated rings. The monoisotopic (exact) mass is 513 g/mol. The minimum atomic E-state index is -0.588. The minimum absolute atomic E-state index is 0.0412. The molecule has 0 saturated heterocycles. The van der Waals surface area contributed by atoms with Crippen molar-refractivity contribution in [3.63, 3.8) is 0 Å². The first-order chi connectivity index (χ1) is 16.3. The van der Waals surface area contributed by atoms with Gasteiger partial charge in [0, 0.05) is 27.9 Å². The maximum Gasteiger partial charge on any atom is 0.292 e. The number of nitro benzene ring substituents is 1. The highest BCUT2D eigenvalue weighted by atomic mass is 35.5. The standard InChI is InChI=1S/C23H14Cl3N5O3/c24-13-5-8-15(9-6-13)30-22(16-10-7-14(25)11-18(16)26)29-21(17(12-27)23(30)32)28-19-3-1-2-4-20(19)31(33)34/h1-12,27-28H.